The van der Waals surface area contributed by atoms with E-state index < -0.39 is 10.1 Å². The molecule has 0 aliphatic carbocycles. The molecular formula is C16H20N6O2S2. The van der Waals surface area contributed by atoms with E-state index in [-0.39, 0.29) is 5.56 Å². The zero-order chi connectivity index (χ0) is 18.9. The Labute approximate surface area is 155 Å². The number of hydrogen-bond donors (Lipinski definition) is 2. The number of hydrogen-bond acceptors (Lipinski definition) is 6. The smallest absolute Gasteiger partial charge is 0.278 e. The average molecular weight is 393 g/mol. The zero-order valence-corrected chi connectivity index (χ0v) is 16.4. The van der Waals surface area contributed by atoms with Crippen LogP contribution in [0.15, 0.2) is 47.0 Å². The van der Waals surface area contributed by atoms with Gasteiger partial charge in [-0.05, 0) is 28.5 Å². The third-order valence-corrected chi connectivity index (χ3v) is 4.80. The van der Waals surface area contributed by atoms with E-state index in [1.807, 2.05) is 6.26 Å². The van der Waals surface area contributed by atoms with Crippen molar-refractivity contribution in [2.45, 2.75) is 11.7 Å². The number of nitrogens with one attached hydrogen (secondary N) is 1. The fourth-order valence-electron chi connectivity index (χ4n) is 2.51. The van der Waals surface area contributed by atoms with Gasteiger partial charge in [-0.3, -0.25) is 9.00 Å². The van der Waals surface area contributed by atoms with E-state index >= 15 is 0 Å². The molecule has 0 unspecified atom stereocenters. The number of allylic oxidation sites excluding steroid dienone is 1. The van der Waals surface area contributed by atoms with Gasteiger partial charge in [0.15, 0.2) is 16.6 Å². The number of aromatic nitrogens is 5. The maximum atomic E-state index is 12.7. The average Bonchev–Trinajstić information content (AvgIpc) is 2.86. The lowest BCUT2D eigenvalue weighted by Gasteiger charge is -2.16. The third kappa shape index (κ3) is 3.56. The maximum absolute atomic E-state index is 12.7. The van der Waals surface area contributed by atoms with E-state index in [1.165, 1.54) is 22.6 Å². The quantitative estimate of drug-likeness (QED) is 0.286. The van der Waals surface area contributed by atoms with Crippen LogP contribution in [0.4, 0.5) is 5.82 Å². The molecule has 0 saturated heterocycles. The summed E-state index contributed by atoms with van der Waals surface area (Å²) in [6.07, 6.45) is 8.28. The first-order valence-corrected chi connectivity index (χ1v) is 11.6. The lowest BCUT2D eigenvalue weighted by molar-refractivity contribution is 0.596. The molecule has 1 N–H and O–H groups in total. The first-order chi connectivity index (χ1) is 12.3. The van der Waals surface area contributed by atoms with Crippen molar-refractivity contribution >= 4 is 38.7 Å². The second kappa shape index (κ2) is 7.04. The normalized spacial score (nSPS) is 12.3. The van der Waals surface area contributed by atoms with Gasteiger partial charge in [0.2, 0.25) is 0 Å². The Morgan fingerprint density at radius 2 is 2.12 bits per heavy atom. The Morgan fingerprint density at radius 3 is 2.77 bits per heavy atom. The van der Waals surface area contributed by atoms with Crippen molar-refractivity contribution in [3.63, 3.8) is 0 Å². The Bertz CT molecular complexity index is 1080. The minimum absolute atomic E-state index is 0.218. The summed E-state index contributed by atoms with van der Waals surface area (Å²) >= 11 is 1.39. The molecule has 0 aliphatic rings. The van der Waals surface area contributed by atoms with Gasteiger partial charge < -0.3 is 4.72 Å². The fourth-order valence-corrected chi connectivity index (χ4v) is 3.52. The van der Waals surface area contributed by atoms with Crippen molar-refractivity contribution < 1.29 is 4.21 Å². The number of thioether (sulfide) groups is 1. The van der Waals surface area contributed by atoms with Crippen molar-refractivity contribution in [3.05, 3.63) is 47.4 Å². The van der Waals surface area contributed by atoms with E-state index in [0.717, 1.165) is 0 Å². The van der Waals surface area contributed by atoms with Crippen LogP contribution in [0.3, 0.4) is 0 Å². The van der Waals surface area contributed by atoms with E-state index in [1.54, 1.807) is 41.5 Å². The number of nitrogens with zero attached hydrogens (tertiary/aromatic N) is 5. The van der Waals surface area contributed by atoms with E-state index in [2.05, 4.69) is 26.3 Å². The van der Waals surface area contributed by atoms with Gasteiger partial charge in [-0.25, -0.2) is 24.3 Å². The Morgan fingerprint density at radius 1 is 1.35 bits per heavy atom. The van der Waals surface area contributed by atoms with Gasteiger partial charge in [0.1, 0.15) is 11.2 Å². The molecule has 0 saturated carbocycles. The highest BCUT2D eigenvalue weighted by molar-refractivity contribution is 8.02. The second-order valence-corrected chi connectivity index (χ2v) is 9.62. The number of rotatable bonds is 6. The molecule has 3 aromatic rings. The van der Waals surface area contributed by atoms with Crippen LogP contribution in [0, 0.1) is 0 Å². The minimum atomic E-state index is -2.51. The molecule has 0 bridgehead atoms. The van der Waals surface area contributed by atoms with Crippen LogP contribution in [0.5, 0.6) is 0 Å². The van der Waals surface area contributed by atoms with Gasteiger partial charge in [0, 0.05) is 18.7 Å². The van der Waals surface area contributed by atoms with Crippen molar-refractivity contribution in [1.82, 2.24) is 24.3 Å². The predicted octanol–water partition coefficient (Wildman–Crippen LogP) is 1.49. The summed E-state index contributed by atoms with van der Waals surface area (Å²) in [7, 11) is -2.51. The molecule has 3 heterocycles. The highest BCUT2D eigenvalue weighted by Crippen LogP contribution is 2.19. The molecule has 0 fully saturated rings. The highest BCUT2D eigenvalue weighted by atomic mass is 32.3. The van der Waals surface area contributed by atoms with E-state index in [0.29, 0.717) is 34.4 Å². The number of pyridine rings is 1. The maximum Gasteiger partial charge on any atom is 0.278 e. The summed E-state index contributed by atoms with van der Waals surface area (Å²) < 4.78 is 18.1. The van der Waals surface area contributed by atoms with Gasteiger partial charge >= 0.3 is 0 Å². The molecule has 0 spiro atoms. The minimum Gasteiger partial charge on any atom is -0.312 e. The van der Waals surface area contributed by atoms with Gasteiger partial charge in [-0.15, -0.1) is 6.58 Å². The molecule has 0 radical (unpaired) electrons. The Balaban J connectivity index is 2.27. The molecule has 3 aromatic heterocycles. The van der Waals surface area contributed by atoms with Crippen LogP contribution in [-0.2, 0) is 16.7 Å². The lowest BCUT2D eigenvalue weighted by atomic mass is 10.4. The largest absolute Gasteiger partial charge is 0.312 e. The monoisotopic (exact) mass is 392 g/mol. The van der Waals surface area contributed by atoms with Crippen LogP contribution in [0.2, 0.25) is 0 Å². The Hall–Kier alpha value is -2.46. The van der Waals surface area contributed by atoms with E-state index in [4.69, 9.17) is 0 Å². The zero-order valence-electron chi connectivity index (χ0n) is 14.7. The van der Waals surface area contributed by atoms with Gasteiger partial charge in [0.05, 0.1) is 6.54 Å². The summed E-state index contributed by atoms with van der Waals surface area (Å²) in [6, 6.07) is 5.28. The van der Waals surface area contributed by atoms with E-state index in [9.17, 15) is 9.00 Å². The molecule has 0 atom stereocenters. The number of anilines is 1. The lowest BCUT2D eigenvalue weighted by Crippen LogP contribution is -2.23. The van der Waals surface area contributed by atoms with Gasteiger partial charge in [0.25, 0.3) is 5.56 Å². The Kier molecular flexibility index (Phi) is 4.97. The predicted molar refractivity (Wildman–Crippen MR) is 108 cm³/mol. The molecule has 0 aliphatic heterocycles. The molecule has 0 amide bonds. The van der Waals surface area contributed by atoms with Crippen molar-refractivity contribution in [2.75, 3.05) is 23.5 Å². The summed E-state index contributed by atoms with van der Waals surface area (Å²) in [4.78, 5) is 25.9. The highest BCUT2D eigenvalue weighted by Gasteiger charge is 2.18. The van der Waals surface area contributed by atoms with Crippen LogP contribution in [-0.4, -0.2) is 47.3 Å². The molecule has 138 valence electrons. The molecular weight excluding hydrogens is 372 g/mol. The van der Waals surface area contributed by atoms with Crippen LogP contribution in [0.25, 0.3) is 16.9 Å². The van der Waals surface area contributed by atoms with Crippen LogP contribution < -0.4 is 10.3 Å². The molecule has 8 nitrogen and oxygen atoms in total. The number of thiol groups is 1. The standard InChI is InChI=1S/C16H20N6O2S2/c1-5-9-21-15(23)11-10-17-16(25-2)19-14(11)22(21)13-8-6-7-12(18-13)20-26(3,4)24/h5-8,10,26H,1,9H2,2-4H3,(H,18,20,24). The van der Waals surface area contributed by atoms with Crippen molar-refractivity contribution in [1.29, 1.82) is 0 Å². The first kappa shape index (κ1) is 18.3. The summed E-state index contributed by atoms with van der Waals surface area (Å²) in [5.41, 5.74) is 0.251. The third-order valence-electron chi connectivity index (χ3n) is 3.47. The molecule has 26 heavy (non-hydrogen) atoms. The molecule has 0 aromatic carbocycles. The van der Waals surface area contributed by atoms with Crippen LogP contribution >= 0.6 is 11.8 Å². The molecule has 3 rings (SSSR count). The summed E-state index contributed by atoms with van der Waals surface area (Å²) in [5, 5.41) is 0.962. The fraction of sp³-hybridized carbons (Fsp3) is 0.250. The van der Waals surface area contributed by atoms with Gasteiger partial charge in [-0.2, -0.15) is 0 Å². The SMILES string of the molecule is C=CCn1c(=O)c2cnc(SC)nc2n1-c1cccc(N[SH](C)(C)=O)n1. The van der Waals surface area contributed by atoms with Crippen molar-refractivity contribution in [2.24, 2.45) is 0 Å². The summed E-state index contributed by atoms with van der Waals surface area (Å²) in [5.74, 6) is 0.956. The first-order valence-electron chi connectivity index (χ1n) is 7.78. The van der Waals surface area contributed by atoms with Crippen LogP contribution in [0.1, 0.15) is 0 Å². The number of fused-ring (bicyclic) bond motifs is 1. The van der Waals surface area contributed by atoms with Gasteiger partial charge in [-0.1, -0.05) is 23.9 Å². The topological polar surface area (TPSA) is 94.7 Å². The molecule has 10 heteroatoms. The summed E-state index contributed by atoms with van der Waals surface area (Å²) in [6.45, 7) is 4.01. The second-order valence-electron chi connectivity index (χ2n) is 5.93. The van der Waals surface area contributed by atoms with Crippen molar-refractivity contribution in [3.8, 4) is 5.82 Å².